The number of anilines is 2. The SMILES string of the molecule is CCCCOc1ccc(NC(=O)C(CC)Sc2cccc(NC(=O)c3cccc(Cl)c3)c2)cc1. The van der Waals surface area contributed by atoms with Gasteiger partial charge in [0.05, 0.1) is 11.9 Å². The first-order valence-electron chi connectivity index (χ1n) is 11.4. The van der Waals surface area contributed by atoms with Crippen LogP contribution in [0.4, 0.5) is 11.4 Å². The topological polar surface area (TPSA) is 67.4 Å². The first kappa shape index (κ1) is 25.7. The summed E-state index contributed by atoms with van der Waals surface area (Å²) in [5, 5.41) is 6.10. The molecule has 0 fully saturated rings. The molecule has 3 rings (SSSR count). The molecule has 0 heterocycles. The Hall–Kier alpha value is -2.96. The van der Waals surface area contributed by atoms with Crippen LogP contribution in [0.1, 0.15) is 43.5 Å². The van der Waals surface area contributed by atoms with E-state index in [0.29, 0.717) is 29.3 Å². The molecule has 5 nitrogen and oxygen atoms in total. The minimum absolute atomic E-state index is 0.0690. The van der Waals surface area contributed by atoms with Gasteiger partial charge in [0.15, 0.2) is 0 Å². The van der Waals surface area contributed by atoms with Crippen molar-refractivity contribution in [3.63, 3.8) is 0 Å². The van der Waals surface area contributed by atoms with Gasteiger partial charge in [-0.05, 0) is 73.5 Å². The van der Waals surface area contributed by atoms with Crippen molar-refractivity contribution in [3.05, 3.63) is 83.4 Å². The lowest BCUT2D eigenvalue weighted by molar-refractivity contribution is -0.115. The van der Waals surface area contributed by atoms with Crippen molar-refractivity contribution in [2.45, 2.75) is 43.3 Å². The predicted octanol–water partition coefficient (Wildman–Crippen LogP) is 7.28. The van der Waals surface area contributed by atoms with E-state index in [1.165, 1.54) is 11.8 Å². The molecule has 178 valence electrons. The minimum atomic E-state index is -0.278. The van der Waals surface area contributed by atoms with E-state index in [0.717, 1.165) is 29.2 Å². The zero-order valence-corrected chi connectivity index (χ0v) is 20.9. The average Bonchev–Trinajstić information content (AvgIpc) is 2.84. The van der Waals surface area contributed by atoms with Gasteiger partial charge in [0, 0.05) is 26.9 Å². The third kappa shape index (κ3) is 7.82. The fraction of sp³-hybridized carbons (Fsp3) is 0.259. The number of halogens is 1. The maximum Gasteiger partial charge on any atom is 0.255 e. The van der Waals surface area contributed by atoms with Crippen molar-refractivity contribution in [1.82, 2.24) is 0 Å². The molecule has 2 N–H and O–H groups in total. The predicted molar refractivity (Wildman–Crippen MR) is 141 cm³/mol. The van der Waals surface area contributed by atoms with Gasteiger partial charge in [0.2, 0.25) is 5.91 Å². The summed E-state index contributed by atoms with van der Waals surface area (Å²) in [6.07, 6.45) is 2.76. The molecule has 0 aromatic heterocycles. The molecule has 3 aromatic rings. The second-order valence-electron chi connectivity index (χ2n) is 7.72. The van der Waals surface area contributed by atoms with E-state index < -0.39 is 0 Å². The highest BCUT2D eigenvalue weighted by atomic mass is 35.5. The third-order valence-electron chi connectivity index (χ3n) is 5.01. The number of amides is 2. The molecule has 0 aliphatic heterocycles. The van der Waals surface area contributed by atoms with Crippen LogP contribution in [0.5, 0.6) is 5.75 Å². The first-order chi connectivity index (χ1) is 16.5. The molecule has 2 amide bonds. The van der Waals surface area contributed by atoms with Crippen LogP contribution in [0.25, 0.3) is 0 Å². The summed E-state index contributed by atoms with van der Waals surface area (Å²) in [7, 11) is 0. The summed E-state index contributed by atoms with van der Waals surface area (Å²) in [5.41, 5.74) is 1.87. The fourth-order valence-electron chi connectivity index (χ4n) is 3.16. The Bertz CT molecular complexity index is 1110. The van der Waals surface area contributed by atoms with E-state index in [4.69, 9.17) is 16.3 Å². The van der Waals surface area contributed by atoms with Crippen LogP contribution < -0.4 is 15.4 Å². The lowest BCUT2D eigenvalue weighted by Crippen LogP contribution is -2.24. The van der Waals surface area contributed by atoms with E-state index in [1.807, 2.05) is 55.5 Å². The second kappa shape index (κ2) is 13.1. The van der Waals surface area contributed by atoms with E-state index in [9.17, 15) is 9.59 Å². The molecule has 0 aliphatic carbocycles. The van der Waals surface area contributed by atoms with Crippen LogP contribution >= 0.6 is 23.4 Å². The molecule has 0 spiro atoms. The quantitative estimate of drug-likeness (QED) is 0.216. The number of unbranched alkanes of at least 4 members (excludes halogenated alkanes) is 1. The molecule has 0 saturated carbocycles. The smallest absolute Gasteiger partial charge is 0.255 e. The van der Waals surface area contributed by atoms with Crippen LogP contribution in [0.2, 0.25) is 5.02 Å². The first-order valence-corrected chi connectivity index (χ1v) is 12.6. The van der Waals surface area contributed by atoms with Crippen LogP contribution in [0.3, 0.4) is 0 Å². The van der Waals surface area contributed by atoms with Crippen LogP contribution in [-0.2, 0) is 4.79 Å². The van der Waals surface area contributed by atoms with E-state index in [1.54, 1.807) is 24.3 Å². The highest BCUT2D eigenvalue weighted by Crippen LogP contribution is 2.29. The van der Waals surface area contributed by atoms with E-state index in [2.05, 4.69) is 17.6 Å². The van der Waals surface area contributed by atoms with Gasteiger partial charge in [0.25, 0.3) is 5.91 Å². The Labute approximate surface area is 210 Å². The number of ether oxygens (including phenoxy) is 1. The Morgan fingerprint density at radius 1 is 0.941 bits per heavy atom. The zero-order valence-electron chi connectivity index (χ0n) is 19.3. The standard InChI is InChI=1S/C27H29ClN2O3S/c1-3-5-16-33-23-14-12-21(13-15-23)29-27(32)25(4-2)34-24-11-7-10-22(18-24)30-26(31)19-8-6-9-20(28)17-19/h6-15,17-18,25H,3-5,16H2,1-2H3,(H,29,32)(H,30,31). The maximum atomic E-state index is 12.9. The molecule has 0 saturated heterocycles. The Morgan fingerprint density at radius 2 is 1.71 bits per heavy atom. The summed E-state index contributed by atoms with van der Waals surface area (Å²) in [6.45, 7) is 4.79. The van der Waals surface area contributed by atoms with Gasteiger partial charge in [-0.3, -0.25) is 9.59 Å². The minimum Gasteiger partial charge on any atom is -0.494 e. The normalized spacial score (nSPS) is 11.5. The van der Waals surface area contributed by atoms with Gasteiger partial charge >= 0.3 is 0 Å². The van der Waals surface area contributed by atoms with Gasteiger partial charge in [-0.2, -0.15) is 0 Å². The molecular weight excluding hydrogens is 468 g/mol. The van der Waals surface area contributed by atoms with Crippen LogP contribution in [0.15, 0.2) is 77.7 Å². The summed E-state index contributed by atoms with van der Waals surface area (Å²) in [5.74, 6) is 0.488. The van der Waals surface area contributed by atoms with Crippen molar-refractivity contribution >= 4 is 46.6 Å². The van der Waals surface area contributed by atoms with Gasteiger partial charge < -0.3 is 15.4 Å². The van der Waals surface area contributed by atoms with Crippen molar-refractivity contribution in [2.24, 2.45) is 0 Å². The third-order valence-corrected chi connectivity index (χ3v) is 6.60. The molecular formula is C27H29ClN2O3S. The maximum absolute atomic E-state index is 12.9. The van der Waals surface area contributed by atoms with Gasteiger partial charge in [-0.1, -0.05) is 44.0 Å². The molecule has 7 heteroatoms. The second-order valence-corrected chi connectivity index (χ2v) is 9.44. The molecule has 34 heavy (non-hydrogen) atoms. The Morgan fingerprint density at radius 3 is 2.41 bits per heavy atom. The average molecular weight is 497 g/mol. The summed E-state index contributed by atoms with van der Waals surface area (Å²) >= 11 is 7.45. The monoisotopic (exact) mass is 496 g/mol. The Balaban J connectivity index is 1.59. The van der Waals surface area contributed by atoms with Crippen LogP contribution in [-0.4, -0.2) is 23.7 Å². The van der Waals surface area contributed by atoms with E-state index >= 15 is 0 Å². The van der Waals surface area contributed by atoms with Crippen molar-refractivity contribution < 1.29 is 14.3 Å². The largest absolute Gasteiger partial charge is 0.494 e. The number of hydrogen-bond acceptors (Lipinski definition) is 4. The highest BCUT2D eigenvalue weighted by Gasteiger charge is 2.18. The fourth-order valence-corrected chi connectivity index (χ4v) is 4.36. The van der Waals surface area contributed by atoms with Gasteiger partial charge in [-0.15, -0.1) is 11.8 Å². The van der Waals surface area contributed by atoms with Crippen molar-refractivity contribution in [1.29, 1.82) is 0 Å². The zero-order chi connectivity index (χ0) is 24.3. The lowest BCUT2D eigenvalue weighted by Gasteiger charge is -2.16. The number of hydrogen-bond donors (Lipinski definition) is 2. The van der Waals surface area contributed by atoms with Crippen molar-refractivity contribution in [2.75, 3.05) is 17.2 Å². The number of nitrogens with one attached hydrogen (secondary N) is 2. The number of benzene rings is 3. The number of rotatable bonds is 11. The summed E-state index contributed by atoms with van der Waals surface area (Å²) in [4.78, 5) is 26.3. The molecule has 1 unspecified atom stereocenters. The summed E-state index contributed by atoms with van der Waals surface area (Å²) < 4.78 is 5.67. The number of thioether (sulfide) groups is 1. The molecule has 1 atom stereocenters. The Kier molecular flexibility index (Phi) is 9.86. The van der Waals surface area contributed by atoms with E-state index in [-0.39, 0.29) is 17.1 Å². The number of carbonyl (C=O) groups excluding carboxylic acids is 2. The van der Waals surface area contributed by atoms with Gasteiger partial charge in [0.1, 0.15) is 5.75 Å². The highest BCUT2D eigenvalue weighted by molar-refractivity contribution is 8.00. The summed E-state index contributed by atoms with van der Waals surface area (Å²) in [6, 6.07) is 21.7. The molecule has 0 radical (unpaired) electrons. The molecule has 0 bridgehead atoms. The van der Waals surface area contributed by atoms with Crippen molar-refractivity contribution in [3.8, 4) is 5.75 Å². The number of carbonyl (C=O) groups is 2. The van der Waals surface area contributed by atoms with Crippen LogP contribution in [0, 0.1) is 0 Å². The molecule has 0 aliphatic rings. The lowest BCUT2D eigenvalue weighted by atomic mass is 10.2. The van der Waals surface area contributed by atoms with Gasteiger partial charge in [-0.25, -0.2) is 0 Å². The molecule has 3 aromatic carbocycles.